The van der Waals surface area contributed by atoms with Gasteiger partial charge in [-0.25, -0.2) is 23.1 Å². The molecule has 8 nitrogen and oxygen atoms in total. The summed E-state index contributed by atoms with van der Waals surface area (Å²) in [5.74, 6) is 0.689. The third-order valence-corrected chi connectivity index (χ3v) is 6.28. The highest BCUT2D eigenvalue weighted by Crippen LogP contribution is 2.27. The first-order valence-electron chi connectivity index (χ1n) is 9.13. The summed E-state index contributed by atoms with van der Waals surface area (Å²) in [6, 6.07) is 10.6. The standard InChI is InChI=1S/C20H19ClN6O2S/c1-26(9-8-24-30(28,29)16-3-2-6-22-13-16)20-12-19(27-10-7-23-14-27)17-5-4-15(21)11-18(17)25-20/h2-7,10-14,24H,8-9H2,1H3. The molecule has 0 aliphatic carbocycles. The van der Waals surface area contributed by atoms with Gasteiger partial charge in [-0.3, -0.25) is 4.98 Å². The highest BCUT2D eigenvalue weighted by atomic mass is 35.5. The Morgan fingerprint density at radius 3 is 2.77 bits per heavy atom. The smallest absolute Gasteiger partial charge is 0.242 e. The van der Waals surface area contributed by atoms with Gasteiger partial charge in [-0.2, -0.15) is 0 Å². The van der Waals surface area contributed by atoms with Gasteiger partial charge in [-0.05, 0) is 30.3 Å². The quantitative estimate of drug-likeness (QED) is 0.473. The predicted molar refractivity (Wildman–Crippen MR) is 117 cm³/mol. The molecule has 0 saturated carbocycles. The van der Waals surface area contributed by atoms with E-state index in [1.165, 1.54) is 18.5 Å². The number of pyridine rings is 2. The van der Waals surface area contributed by atoms with E-state index in [9.17, 15) is 8.42 Å². The number of sulfonamides is 1. The number of benzene rings is 1. The number of rotatable bonds is 7. The number of aromatic nitrogens is 4. The number of nitrogens with one attached hydrogen (secondary N) is 1. The second-order valence-corrected chi connectivity index (χ2v) is 8.84. The summed E-state index contributed by atoms with van der Waals surface area (Å²) in [7, 11) is -1.76. The number of likely N-dealkylation sites (N-methyl/N-ethyl adjacent to an activating group) is 1. The molecule has 0 aliphatic rings. The lowest BCUT2D eigenvalue weighted by Crippen LogP contribution is -2.33. The molecule has 0 bridgehead atoms. The predicted octanol–water partition coefficient (Wildman–Crippen LogP) is 2.88. The Morgan fingerprint density at radius 2 is 2.03 bits per heavy atom. The van der Waals surface area contributed by atoms with E-state index in [2.05, 4.69) is 14.7 Å². The molecule has 0 spiro atoms. The molecule has 0 fully saturated rings. The molecule has 0 atom stereocenters. The van der Waals surface area contributed by atoms with E-state index in [0.717, 1.165) is 16.6 Å². The van der Waals surface area contributed by atoms with Crippen molar-refractivity contribution < 1.29 is 8.42 Å². The van der Waals surface area contributed by atoms with E-state index in [-0.39, 0.29) is 11.4 Å². The Hall–Kier alpha value is -3.01. The second kappa shape index (κ2) is 8.39. The van der Waals surface area contributed by atoms with E-state index in [0.29, 0.717) is 17.4 Å². The van der Waals surface area contributed by atoms with Crippen LogP contribution in [0.15, 0.2) is 72.4 Å². The summed E-state index contributed by atoms with van der Waals surface area (Å²) in [4.78, 5) is 14.7. The molecule has 1 aromatic carbocycles. The largest absolute Gasteiger partial charge is 0.358 e. The average Bonchev–Trinajstić information content (AvgIpc) is 3.28. The molecule has 154 valence electrons. The van der Waals surface area contributed by atoms with Crippen LogP contribution in [0.5, 0.6) is 0 Å². The van der Waals surface area contributed by atoms with Gasteiger partial charge in [0, 0.05) is 61.4 Å². The fourth-order valence-corrected chi connectivity index (χ4v) is 4.18. The Balaban J connectivity index is 1.57. The lowest BCUT2D eigenvalue weighted by Gasteiger charge is -2.20. The van der Waals surface area contributed by atoms with Crippen molar-refractivity contribution in [2.24, 2.45) is 0 Å². The second-order valence-electron chi connectivity index (χ2n) is 6.64. The Kier molecular flexibility index (Phi) is 5.67. The number of nitrogens with zero attached hydrogens (tertiary/aromatic N) is 5. The molecule has 4 rings (SSSR count). The Labute approximate surface area is 179 Å². The molecule has 0 aliphatic heterocycles. The third-order valence-electron chi connectivity index (χ3n) is 4.59. The fourth-order valence-electron chi connectivity index (χ4n) is 3.03. The number of imidazole rings is 1. The Bertz CT molecular complexity index is 1260. The van der Waals surface area contributed by atoms with Crippen molar-refractivity contribution in [2.45, 2.75) is 4.90 Å². The summed E-state index contributed by atoms with van der Waals surface area (Å²) in [5.41, 5.74) is 1.65. The highest BCUT2D eigenvalue weighted by molar-refractivity contribution is 7.89. The molecule has 1 N–H and O–H groups in total. The first-order valence-corrected chi connectivity index (χ1v) is 11.0. The number of hydrogen-bond acceptors (Lipinski definition) is 6. The van der Waals surface area contributed by atoms with Crippen molar-refractivity contribution in [1.29, 1.82) is 0 Å². The Morgan fingerprint density at radius 1 is 1.17 bits per heavy atom. The van der Waals surface area contributed by atoms with Crippen molar-refractivity contribution in [2.75, 3.05) is 25.0 Å². The van der Waals surface area contributed by atoms with Crippen molar-refractivity contribution in [3.8, 4) is 5.69 Å². The average molecular weight is 443 g/mol. The van der Waals surface area contributed by atoms with Gasteiger partial charge in [0.2, 0.25) is 10.0 Å². The zero-order valence-corrected chi connectivity index (χ0v) is 17.7. The minimum absolute atomic E-state index is 0.133. The molecular weight excluding hydrogens is 424 g/mol. The minimum atomic E-state index is -3.61. The van der Waals surface area contributed by atoms with Gasteiger partial charge in [0.25, 0.3) is 0 Å². The maximum Gasteiger partial charge on any atom is 0.242 e. The highest BCUT2D eigenvalue weighted by Gasteiger charge is 2.15. The lowest BCUT2D eigenvalue weighted by molar-refractivity contribution is 0.581. The lowest BCUT2D eigenvalue weighted by atomic mass is 10.1. The molecular formula is C20H19ClN6O2S. The zero-order chi connectivity index (χ0) is 21.1. The van der Waals surface area contributed by atoms with Crippen molar-refractivity contribution in [3.05, 3.63) is 72.5 Å². The van der Waals surface area contributed by atoms with Gasteiger partial charge in [0.05, 0.1) is 17.5 Å². The summed E-state index contributed by atoms with van der Waals surface area (Å²) in [5, 5.41) is 1.53. The van der Waals surface area contributed by atoms with E-state index in [1.54, 1.807) is 24.7 Å². The number of fused-ring (bicyclic) bond motifs is 1. The molecule has 10 heteroatoms. The molecule has 0 radical (unpaired) electrons. The maximum atomic E-state index is 12.4. The van der Waals surface area contributed by atoms with Crippen LogP contribution in [0.25, 0.3) is 16.6 Å². The molecule has 3 heterocycles. The van der Waals surface area contributed by atoms with Gasteiger partial charge in [-0.1, -0.05) is 11.6 Å². The topological polar surface area (TPSA) is 93.0 Å². The summed E-state index contributed by atoms with van der Waals surface area (Å²) >= 11 is 6.17. The molecule has 4 aromatic rings. The van der Waals surface area contributed by atoms with Gasteiger partial charge < -0.3 is 9.47 Å². The third kappa shape index (κ3) is 4.28. The van der Waals surface area contributed by atoms with Crippen LogP contribution in [0.2, 0.25) is 5.02 Å². The summed E-state index contributed by atoms with van der Waals surface area (Å²) in [6.45, 7) is 0.630. The minimum Gasteiger partial charge on any atom is -0.358 e. The summed E-state index contributed by atoms with van der Waals surface area (Å²) < 4.78 is 29.2. The van der Waals surface area contributed by atoms with E-state index < -0.39 is 10.0 Å². The molecule has 3 aromatic heterocycles. The number of halogens is 1. The van der Waals surface area contributed by atoms with E-state index >= 15 is 0 Å². The van der Waals surface area contributed by atoms with Crippen LogP contribution in [-0.4, -0.2) is 48.1 Å². The van der Waals surface area contributed by atoms with Crippen LogP contribution >= 0.6 is 11.6 Å². The van der Waals surface area contributed by atoms with Crippen LogP contribution in [-0.2, 0) is 10.0 Å². The van der Waals surface area contributed by atoms with Crippen LogP contribution in [0.3, 0.4) is 0 Å². The summed E-state index contributed by atoms with van der Waals surface area (Å²) in [6.07, 6.45) is 8.13. The molecule has 0 saturated heterocycles. The zero-order valence-electron chi connectivity index (χ0n) is 16.1. The van der Waals surface area contributed by atoms with Crippen molar-refractivity contribution >= 4 is 38.3 Å². The van der Waals surface area contributed by atoms with Gasteiger partial charge >= 0.3 is 0 Å². The van der Waals surface area contributed by atoms with Crippen LogP contribution in [0.1, 0.15) is 0 Å². The van der Waals surface area contributed by atoms with Crippen LogP contribution in [0.4, 0.5) is 5.82 Å². The van der Waals surface area contributed by atoms with Crippen LogP contribution < -0.4 is 9.62 Å². The molecule has 0 amide bonds. The number of anilines is 1. The first-order chi connectivity index (χ1) is 14.4. The first kappa shape index (κ1) is 20.3. The normalized spacial score (nSPS) is 11.7. The fraction of sp³-hybridized carbons (Fsp3) is 0.150. The maximum absolute atomic E-state index is 12.4. The molecule has 30 heavy (non-hydrogen) atoms. The SMILES string of the molecule is CN(CCNS(=O)(=O)c1cccnc1)c1cc(-n2ccnc2)c2ccc(Cl)cc2n1. The molecule has 0 unspecified atom stereocenters. The van der Waals surface area contributed by atoms with Gasteiger partial charge in [-0.15, -0.1) is 0 Å². The van der Waals surface area contributed by atoms with Gasteiger partial charge in [0.1, 0.15) is 10.7 Å². The number of hydrogen-bond donors (Lipinski definition) is 1. The van der Waals surface area contributed by atoms with Crippen LogP contribution in [0, 0.1) is 0 Å². The van der Waals surface area contributed by atoms with E-state index in [4.69, 9.17) is 16.6 Å². The monoisotopic (exact) mass is 442 g/mol. The van der Waals surface area contributed by atoms with E-state index in [1.807, 2.05) is 40.9 Å². The van der Waals surface area contributed by atoms with Crippen molar-refractivity contribution in [3.63, 3.8) is 0 Å². The van der Waals surface area contributed by atoms with Crippen molar-refractivity contribution in [1.82, 2.24) is 24.2 Å². The van der Waals surface area contributed by atoms with Gasteiger partial charge in [0.15, 0.2) is 0 Å².